The molecule has 0 fully saturated rings. The number of aryl methyl sites for hydroxylation is 2. The largest absolute Gasteiger partial charge is 0.506 e. The van der Waals surface area contributed by atoms with E-state index in [1.165, 1.54) is 0 Å². The highest BCUT2D eigenvalue weighted by Gasteiger charge is 2.15. The molecule has 3 rings (SSSR count). The molecule has 0 aliphatic heterocycles. The topological polar surface area (TPSA) is 60.2 Å². The van der Waals surface area contributed by atoms with E-state index in [-0.39, 0.29) is 5.75 Å². The van der Waals surface area contributed by atoms with Crippen LogP contribution < -0.4 is 4.74 Å². The zero-order chi connectivity index (χ0) is 16.4. The summed E-state index contributed by atoms with van der Waals surface area (Å²) in [6, 6.07) is 13.3. The van der Waals surface area contributed by atoms with Crippen molar-refractivity contribution in [1.82, 2.24) is 14.8 Å². The molecule has 1 aromatic heterocycles. The number of ether oxygens (including phenoxy) is 1. The number of phenols is 1. The number of phenolic OH excluding ortho intramolecular Hbond substituents is 1. The standard InChI is InChI=1S/C18H19N3O2/c1-4-23-15-8-6-14(7-9-15)18-20-19-13(3)21(18)16-10-5-12(2)11-17(16)22/h5-11,22H,4H2,1-3H3. The molecule has 0 amide bonds. The van der Waals surface area contributed by atoms with E-state index in [0.29, 0.717) is 23.9 Å². The Bertz CT molecular complexity index is 823. The second-order valence-corrected chi connectivity index (χ2v) is 5.36. The maximum atomic E-state index is 10.3. The van der Waals surface area contributed by atoms with E-state index < -0.39 is 0 Å². The number of aromatic hydroxyl groups is 1. The number of hydrogen-bond donors (Lipinski definition) is 1. The average molecular weight is 309 g/mol. The van der Waals surface area contributed by atoms with Gasteiger partial charge in [0.05, 0.1) is 12.3 Å². The average Bonchev–Trinajstić information content (AvgIpc) is 2.90. The summed E-state index contributed by atoms with van der Waals surface area (Å²) in [5, 5.41) is 18.7. The molecule has 0 radical (unpaired) electrons. The molecular formula is C18H19N3O2. The highest BCUT2D eigenvalue weighted by atomic mass is 16.5. The van der Waals surface area contributed by atoms with Crippen LogP contribution in [0.3, 0.4) is 0 Å². The van der Waals surface area contributed by atoms with Crippen LogP contribution in [-0.2, 0) is 0 Å². The summed E-state index contributed by atoms with van der Waals surface area (Å²) in [5.41, 5.74) is 2.58. The molecular weight excluding hydrogens is 290 g/mol. The molecule has 0 saturated heterocycles. The SMILES string of the molecule is CCOc1ccc(-c2nnc(C)n2-c2ccc(C)cc2O)cc1. The summed E-state index contributed by atoms with van der Waals surface area (Å²) in [6.07, 6.45) is 0. The third kappa shape index (κ3) is 2.90. The first kappa shape index (κ1) is 15.1. The normalized spacial score (nSPS) is 10.7. The van der Waals surface area contributed by atoms with Gasteiger partial charge < -0.3 is 9.84 Å². The van der Waals surface area contributed by atoms with Gasteiger partial charge in [-0.1, -0.05) is 6.07 Å². The monoisotopic (exact) mass is 309 g/mol. The van der Waals surface area contributed by atoms with Crippen molar-refractivity contribution in [1.29, 1.82) is 0 Å². The van der Waals surface area contributed by atoms with E-state index in [0.717, 1.165) is 16.9 Å². The lowest BCUT2D eigenvalue weighted by atomic mass is 10.1. The van der Waals surface area contributed by atoms with E-state index in [1.807, 2.05) is 61.7 Å². The predicted octanol–water partition coefficient (Wildman–Crippen LogP) is 3.66. The van der Waals surface area contributed by atoms with Crippen LogP contribution in [0.25, 0.3) is 17.1 Å². The molecule has 3 aromatic rings. The van der Waals surface area contributed by atoms with Crippen molar-refractivity contribution in [3.63, 3.8) is 0 Å². The molecule has 0 unspecified atom stereocenters. The second-order valence-electron chi connectivity index (χ2n) is 5.36. The van der Waals surface area contributed by atoms with Crippen LogP contribution in [0.5, 0.6) is 11.5 Å². The minimum atomic E-state index is 0.208. The maximum absolute atomic E-state index is 10.3. The fourth-order valence-electron chi connectivity index (χ4n) is 2.53. The van der Waals surface area contributed by atoms with E-state index in [2.05, 4.69) is 10.2 Å². The van der Waals surface area contributed by atoms with Gasteiger partial charge in [0.1, 0.15) is 17.3 Å². The van der Waals surface area contributed by atoms with Crippen molar-refractivity contribution in [3.8, 4) is 28.6 Å². The lowest BCUT2D eigenvalue weighted by Crippen LogP contribution is -2.01. The summed E-state index contributed by atoms with van der Waals surface area (Å²) >= 11 is 0. The highest BCUT2D eigenvalue weighted by molar-refractivity contribution is 5.62. The van der Waals surface area contributed by atoms with Crippen LogP contribution in [0.15, 0.2) is 42.5 Å². The van der Waals surface area contributed by atoms with Crippen LogP contribution >= 0.6 is 0 Å². The molecule has 0 aliphatic rings. The van der Waals surface area contributed by atoms with Crippen LogP contribution in [0.2, 0.25) is 0 Å². The van der Waals surface area contributed by atoms with E-state index in [1.54, 1.807) is 6.07 Å². The second kappa shape index (κ2) is 6.12. The van der Waals surface area contributed by atoms with Crippen molar-refractivity contribution < 1.29 is 9.84 Å². The summed E-state index contributed by atoms with van der Waals surface area (Å²) in [5.74, 6) is 2.43. The summed E-state index contributed by atoms with van der Waals surface area (Å²) < 4.78 is 7.32. The minimum Gasteiger partial charge on any atom is -0.506 e. The van der Waals surface area contributed by atoms with Gasteiger partial charge in [-0.3, -0.25) is 4.57 Å². The fourth-order valence-corrected chi connectivity index (χ4v) is 2.53. The Hall–Kier alpha value is -2.82. The molecule has 23 heavy (non-hydrogen) atoms. The van der Waals surface area contributed by atoms with E-state index >= 15 is 0 Å². The van der Waals surface area contributed by atoms with Gasteiger partial charge in [0, 0.05) is 5.56 Å². The van der Waals surface area contributed by atoms with E-state index in [4.69, 9.17) is 4.74 Å². The van der Waals surface area contributed by atoms with Gasteiger partial charge in [-0.15, -0.1) is 10.2 Å². The summed E-state index contributed by atoms with van der Waals surface area (Å²) in [4.78, 5) is 0. The lowest BCUT2D eigenvalue weighted by Gasteiger charge is -2.11. The van der Waals surface area contributed by atoms with Gasteiger partial charge in [0.15, 0.2) is 5.82 Å². The quantitative estimate of drug-likeness (QED) is 0.799. The molecule has 1 N–H and O–H groups in total. The minimum absolute atomic E-state index is 0.208. The van der Waals surface area contributed by atoms with E-state index in [9.17, 15) is 5.11 Å². The zero-order valence-electron chi connectivity index (χ0n) is 13.4. The zero-order valence-corrected chi connectivity index (χ0v) is 13.4. The number of aromatic nitrogens is 3. The van der Waals surface area contributed by atoms with Crippen molar-refractivity contribution in [2.24, 2.45) is 0 Å². The van der Waals surface area contributed by atoms with Crippen molar-refractivity contribution in [2.45, 2.75) is 20.8 Å². The summed E-state index contributed by atoms with van der Waals surface area (Å²) in [7, 11) is 0. The fraction of sp³-hybridized carbons (Fsp3) is 0.222. The Balaban J connectivity index is 2.08. The first-order valence-electron chi connectivity index (χ1n) is 7.55. The molecule has 1 heterocycles. The molecule has 118 valence electrons. The first-order chi connectivity index (χ1) is 11.1. The van der Waals surface area contributed by atoms with Crippen molar-refractivity contribution >= 4 is 0 Å². The smallest absolute Gasteiger partial charge is 0.168 e. The Morgan fingerprint density at radius 3 is 2.43 bits per heavy atom. The molecule has 5 nitrogen and oxygen atoms in total. The van der Waals surface area contributed by atoms with Gasteiger partial charge in [-0.05, 0) is 62.7 Å². The van der Waals surface area contributed by atoms with Crippen molar-refractivity contribution in [3.05, 3.63) is 53.9 Å². The van der Waals surface area contributed by atoms with Crippen LogP contribution in [-0.4, -0.2) is 26.5 Å². The van der Waals surface area contributed by atoms with Crippen LogP contribution in [0.1, 0.15) is 18.3 Å². The maximum Gasteiger partial charge on any atom is 0.168 e. The van der Waals surface area contributed by atoms with Gasteiger partial charge >= 0.3 is 0 Å². The number of nitrogens with zero attached hydrogens (tertiary/aromatic N) is 3. The van der Waals surface area contributed by atoms with Gasteiger partial charge in [0.25, 0.3) is 0 Å². The molecule has 0 saturated carbocycles. The predicted molar refractivity (Wildman–Crippen MR) is 89.1 cm³/mol. The molecule has 5 heteroatoms. The Morgan fingerprint density at radius 2 is 1.78 bits per heavy atom. The Kier molecular flexibility index (Phi) is 4.02. The van der Waals surface area contributed by atoms with Gasteiger partial charge in [0.2, 0.25) is 0 Å². The van der Waals surface area contributed by atoms with Gasteiger partial charge in [-0.25, -0.2) is 0 Å². The first-order valence-corrected chi connectivity index (χ1v) is 7.55. The third-order valence-corrected chi connectivity index (χ3v) is 3.62. The molecule has 0 atom stereocenters. The molecule has 2 aromatic carbocycles. The Labute approximate surface area is 135 Å². The van der Waals surface area contributed by atoms with Gasteiger partial charge in [-0.2, -0.15) is 0 Å². The highest BCUT2D eigenvalue weighted by Crippen LogP contribution is 2.29. The lowest BCUT2D eigenvalue weighted by molar-refractivity contribution is 0.340. The van der Waals surface area contributed by atoms with Crippen molar-refractivity contribution in [2.75, 3.05) is 6.61 Å². The Morgan fingerprint density at radius 1 is 1.04 bits per heavy atom. The molecule has 0 spiro atoms. The number of hydrogen-bond acceptors (Lipinski definition) is 4. The van der Waals surface area contributed by atoms with Crippen LogP contribution in [0.4, 0.5) is 0 Å². The third-order valence-electron chi connectivity index (χ3n) is 3.62. The number of rotatable bonds is 4. The molecule has 0 aliphatic carbocycles. The molecule has 0 bridgehead atoms. The number of benzene rings is 2. The summed E-state index contributed by atoms with van der Waals surface area (Å²) in [6.45, 7) is 6.39. The van der Waals surface area contributed by atoms with Crippen LogP contribution in [0, 0.1) is 13.8 Å².